The molecule has 0 bridgehead atoms. The standard InChI is InChI=1S/C20H19N3O5S/c1-4-28-20(25)14-9-13(10-15(11-14)23(26)27)19(24)22(3)12(2)18-21-16-7-5-6-8-17(16)29-18/h5-12H,4H2,1-3H3/t12-/m0/s1. The van der Waals surface area contributed by atoms with Crippen LogP contribution >= 0.6 is 11.3 Å². The molecule has 1 aromatic heterocycles. The van der Waals surface area contributed by atoms with Crippen molar-refractivity contribution in [2.75, 3.05) is 13.7 Å². The van der Waals surface area contributed by atoms with E-state index in [-0.39, 0.29) is 29.5 Å². The van der Waals surface area contributed by atoms with Gasteiger partial charge in [-0.05, 0) is 32.0 Å². The van der Waals surface area contributed by atoms with Crippen molar-refractivity contribution in [3.63, 3.8) is 0 Å². The molecule has 0 aliphatic rings. The molecule has 0 aliphatic carbocycles. The molecule has 9 heteroatoms. The van der Waals surface area contributed by atoms with Gasteiger partial charge in [-0.2, -0.15) is 0 Å². The van der Waals surface area contributed by atoms with Crippen molar-refractivity contribution in [1.29, 1.82) is 0 Å². The van der Waals surface area contributed by atoms with E-state index in [1.54, 1.807) is 14.0 Å². The number of hydrogen-bond donors (Lipinski definition) is 0. The Morgan fingerprint density at radius 2 is 1.93 bits per heavy atom. The number of amides is 1. The van der Waals surface area contributed by atoms with E-state index in [4.69, 9.17) is 4.74 Å². The van der Waals surface area contributed by atoms with Crippen LogP contribution in [0.3, 0.4) is 0 Å². The SMILES string of the molecule is CCOC(=O)c1cc(C(=O)N(C)[C@@H](C)c2nc3ccccc3s2)cc([N+](=O)[O-])c1. The van der Waals surface area contributed by atoms with Crippen LogP contribution in [0.25, 0.3) is 10.2 Å². The summed E-state index contributed by atoms with van der Waals surface area (Å²) in [5.74, 6) is -1.17. The molecule has 0 aliphatic heterocycles. The van der Waals surface area contributed by atoms with Gasteiger partial charge in [-0.1, -0.05) is 12.1 Å². The van der Waals surface area contributed by atoms with Crippen LogP contribution in [0.2, 0.25) is 0 Å². The molecule has 150 valence electrons. The molecule has 0 unspecified atom stereocenters. The van der Waals surface area contributed by atoms with Gasteiger partial charge in [0.1, 0.15) is 5.01 Å². The maximum Gasteiger partial charge on any atom is 0.338 e. The zero-order valence-corrected chi connectivity index (χ0v) is 16.9. The minimum atomic E-state index is -0.716. The lowest BCUT2D eigenvalue weighted by molar-refractivity contribution is -0.384. The first kappa shape index (κ1) is 20.4. The van der Waals surface area contributed by atoms with Gasteiger partial charge in [0.05, 0.1) is 33.4 Å². The summed E-state index contributed by atoms with van der Waals surface area (Å²) in [6.45, 7) is 3.59. The number of thiazole rings is 1. The van der Waals surface area contributed by atoms with Gasteiger partial charge in [-0.15, -0.1) is 11.3 Å². The minimum absolute atomic E-state index is 0.0366. The Kier molecular flexibility index (Phi) is 5.88. The number of rotatable bonds is 6. The van der Waals surface area contributed by atoms with Crippen LogP contribution in [-0.4, -0.2) is 40.3 Å². The highest BCUT2D eigenvalue weighted by Gasteiger charge is 2.25. The van der Waals surface area contributed by atoms with Crippen molar-refractivity contribution in [2.45, 2.75) is 19.9 Å². The number of fused-ring (bicyclic) bond motifs is 1. The van der Waals surface area contributed by atoms with E-state index in [0.717, 1.165) is 27.4 Å². The van der Waals surface area contributed by atoms with Crippen molar-refractivity contribution in [1.82, 2.24) is 9.88 Å². The predicted molar refractivity (Wildman–Crippen MR) is 109 cm³/mol. The normalized spacial score (nSPS) is 11.8. The van der Waals surface area contributed by atoms with Gasteiger partial charge in [-0.3, -0.25) is 14.9 Å². The van der Waals surface area contributed by atoms with E-state index >= 15 is 0 Å². The highest BCUT2D eigenvalue weighted by molar-refractivity contribution is 7.18. The monoisotopic (exact) mass is 413 g/mol. The summed E-state index contributed by atoms with van der Waals surface area (Å²) >= 11 is 1.48. The average Bonchev–Trinajstić information content (AvgIpc) is 3.16. The number of nitro groups is 1. The van der Waals surface area contributed by atoms with Crippen LogP contribution in [0.1, 0.15) is 45.6 Å². The van der Waals surface area contributed by atoms with Crippen LogP contribution in [0.5, 0.6) is 0 Å². The number of carbonyl (C=O) groups is 2. The van der Waals surface area contributed by atoms with E-state index in [1.165, 1.54) is 22.3 Å². The fourth-order valence-electron chi connectivity index (χ4n) is 2.79. The Morgan fingerprint density at radius 3 is 2.59 bits per heavy atom. The second kappa shape index (κ2) is 8.36. The van der Waals surface area contributed by atoms with Gasteiger partial charge in [-0.25, -0.2) is 9.78 Å². The second-order valence-corrected chi connectivity index (χ2v) is 7.42. The average molecular weight is 413 g/mol. The molecule has 0 saturated carbocycles. The number of benzene rings is 2. The Balaban J connectivity index is 1.93. The molecule has 0 N–H and O–H groups in total. The van der Waals surface area contributed by atoms with E-state index in [1.807, 2.05) is 31.2 Å². The molecule has 3 rings (SSSR count). The summed E-state index contributed by atoms with van der Waals surface area (Å²) in [7, 11) is 1.60. The van der Waals surface area contributed by atoms with Gasteiger partial charge in [0.25, 0.3) is 11.6 Å². The highest BCUT2D eigenvalue weighted by Crippen LogP contribution is 2.30. The lowest BCUT2D eigenvalue weighted by Crippen LogP contribution is -2.29. The van der Waals surface area contributed by atoms with Gasteiger partial charge in [0.2, 0.25) is 0 Å². The van der Waals surface area contributed by atoms with Crippen molar-refractivity contribution in [3.05, 3.63) is 68.7 Å². The highest BCUT2D eigenvalue weighted by atomic mass is 32.1. The molecule has 8 nitrogen and oxygen atoms in total. The molecule has 1 heterocycles. The van der Waals surface area contributed by atoms with Crippen molar-refractivity contribution in [3.8, 4) is 0 Å². The third-order valence-corrected chi connectivity index (χ3v) is 5.66. The fourth-order valence-corrected chi connectivity index (χ4v) is 3.85. The number of esters is 1. The molecule has 1 atom stereocenters. The quantitative estimate of drug-likeness (QED) is 0.341. The van der Waals surface area contributed by atoms with Crippen LogP contribution < -0.4 is 0 Å². The molecule has 0 saturated heterocycles. The maximum absolute atomic E-state index is 13.0. The summed E-state index contributed by atoms with van der Waals surface area (Å²) in [6.07, 6.45) is 0. The van der Waals surface area contributed by atoms with Gasteiger partial charge >= 0.3 is 5.97 Å². The molecule has 2 aromatic carbocycles. The van der Waals surface area contributed by atoms with Crippen molar-refractivity contribution in [2.24, 2.45) is 0 Å². The Labute approximate surface area is 170 Å². The molecule has 0 radical (unpaired) electrons. The first-order valence-corrected chi connectivity index (χ1v) is 9.72. The molecule has 3 aromatic rings. The first-order chi connectivity index (χ1) is 13.8. The zero-order valence-electron chi connectivity index (χ0n) is 16.1. The Morgan fingerprint density at radius 1 is 1.24 bits per heavy atom. The third kappa shape index (κ3) is 4.24. The zero-order chi connectivity index (χ0) is 21.1. The number of aromatic nitrogens is 1. The van der Waals surface area contributed by atoms with Crippen LogP contribution in [0.15, 0.2) is 42.5 Å². The van der Waals surface area contributed by atoms with E-state index < -0.39 is 16.8 Å². The van der Waals surface area contributed by atoms with E-state index in [0.29, 0.717) is 0 Å². The summed E-state index contributed by atoms with van der Waals surface area (Å²) in [5.41, 5.74) is 0.503. The van der Waals surface area contributed by atoms with Gasteiger partial charge in [0, 0.05) is 24.7 Å². The Hall–Kier alpha value is -3.33. The van der Waals surface area contributed by atoms with Crippen LogP contribution in [-0.2, 0) is 4.74 Å². The van der Waals surface area contributed by atoms with E-state index in [9.17, 15) is 19.7 Å². The molecular formula is C20H19N3O5S. The van der Waals surface area contributed by atoms with E-state index in [2.05, 4.69) is 4.98 Å². The van der Waals surface area contributed by atoms with Crippen LogP contribution in [0, 0.1) is 10.1 Å². The lowest BCUT2D eigenvalue weighted by atomic mass is 10.1. The molecule has 1 amide bonds. The van der Waals surface area contributed by atoms with Gasteiger partial charge in [0.15, 0.2) is 0 Å². The number of ether oxygens (including phenoxy) is 1. The number of hydrogen-bond acceptors (Lipinski definition) is 7. The molecule has 29 heavy (non-hydrogen) atoms. The Bertz CT molecular complexity index is 1060. The number of nitro benzene ring substituents is 1. The number of nitrogens with zero attached hydrogens (tertiary/aromatic N) is 3. The maximum atomic E-state index is 13.0. The molecule has 0 spiro atoms. The lowest BCUT2D eigenvalue weighted by Gasteiger charge is -2.23. The van der Waals surface area contributed by atoms with Crippen LogP contribution in [0.4, 0.5) is 5.69 Å². The summed E-state index contributed by atoms with van der Waals surface area (Å²) in [5, 5.41) is 12.0. The predicted octanol–water partition coefficient (Wildman–Crippen LogP) is 4.21. The number of non-ortho nitro benzene ring substituents is 1. The number of carbonyl (C=O) groups excluding carboxylic acids is 2. The van der Waals surface area contributed by atoms with Crippen molar-refractivity contribution >= 4 is 39.1 Å². The van der Waals surface area contributed by atoms with Crippen molar-refractivity contribution < 1.29 is 19.2 Å². The summed E-state index contributed by atoms with van der Waals surface area (Å²) in [6, 6.07) is 10.9. The largest absolute Gasteiger partial charge is 0.462 e. The van der Waals surface area contributed by atoms with Gasteiger partial charge < -0.3 is 9.64 Å². The topological polar surface area (TPSA) is 103 Å². The second-order valence-electron chi connectivity index (χ2n) is 6.36. The number of para-hydroxylation sites is 1. The smallest absolute Gasteiger partial charge is 0.338 e. The summed E-state index contributed by atoms with van der Waals surface area (Å²) in [4.78, 5) is 41.7. The first-order valence-electron chi connectivity index (χ1n) is 8.91. The minimum Gasteiger partial charge on any atom is -0.462 e. The fraction of sp³-hybridized carbons (Fsp3) is 0.250. The summed E-state index contributed by atoms with van der Waals surface area (Å²) < 4.78 is 5.92. The third-order valence-electron chi connectivity index (χ3n) is 4.46. The molecule has 0 fully saturated rings. The molecular weight excluding hydrogens is 394 g/mol.